The first kappa shape index (κ1) is 26.2. The topological polar surface area (TPSA) is 98.9 Å². The molecule has 3 aromatic rings. The number of hydrogen-bond acceptors (Lipinski definition) is 6. The highest BCUT2D eigenvalue weighted by atomic mass is 35.5. The van der Waals surface area contributed by atoms with Gasteiger partial charge in [-0.1, -0.05) is 29.3 Å². The smallest absolute Gasteiger partial charge is 0.299 e. The average Bonchev–Trinajstić information content (AvgIpc) is 2.97. The minimum absolute atomic E-state index is 0.0369. The van der Waals surface area contributed by atoms with E-state index >= 15 is 0 Å². The van der Waals surface area contributed by atoms with Gasteiger partial charge in [0.2, 0.25) is 0 Å². The van der Waals surface area contributed by atoms with E-state index in [9.17, 15) is 13.2 Å². The van der Waals surface area contributed by atoms with Gasteiger partial charge in [-0.2, -0.15) is 8.42 Å². The van der Waals surface area contributed by atoms with Crippen molar-refractivity contribution in [2.75, 3.05) is 10.6 Å². The average molecular weight is 529 g/mol. The van der Waals surface area contributed by atoms with Gasteiger partial charge in [0.05, 0.1) is 4.90 Å². The Labute approximate surface area is 216 Å². The second-order valence-corrected chi connectivity index (χ2v) is 10.9. The van der Waals surface area contributed by atoms with Crippen LogP contribution in [0, 0.1) is 13.8 Å². The van der Waals surface area contributed by atoms with Crippen molar-refractivity contribution in [3.63, 3.8) is 0 Å². The molecule has 2 atom stereocenters. The van der Waals surface area contributed by atoms with Gasteiger partial charge in [-0.05, 0) is 99.7 Å². The summed E-state index contributed by atoms with van der Waals surface area (Å²) in [6.45, 7) is 5.20. The Morgan fingerprint density at radius 2 is 1.81 bits per heavy atom. The number of benzene rings is 3. The summed E-state index contributed by atoms with van der Waals surface area (Å²) < 4.78 is 37.1. The van der Waals surface area contributed by atoms with Crippen LogP contribution in [0.5, 0.6) is 0 Å². The lowest BCUT2D eigenvalue weighted by atomic mass is 10.0. The number of nitrogens with two attached hydrogens (primary N) is 1. The fraction of sp³-hybridized carbons (Fsp3) is 0.296. The van der Waals surface area contributed by atoms with Crippen molar-refractivity contribution in [1.82, 2.24) is 0 Å². The third kappa shape index (κ3) is 5.73. The van der Waals surface area contributed by atoms with E-state index in [4.69, 9.17) is 26.3 Å². The van der Waals surface area contributed by atoms with E-state index in [0.717, 1.165) is 16.7 Å². The first-order valence-electron chi connectivity index (χ1n) is 11.7. The van der Waals surface area contributed by atoms with Crippen molar-refractivity contribution in [3.8, 4) is 0 Å². The first-order valence-corrected chi connectivity index (χ1v) is 13.5. The Morgan fingerprint density at radius 1 is 1.08 bits per heavy atom. The predicted molar refractivity (Wildman–Crippen MR) is 141 cm³/mol. The number of amides is 1. The molecule has 0 spiro atoms. The maximum atomic E-state index is 13.9. The Hall–Kier alpha value is -2.91. The highest BCUT2D eigenvalue weighted by molar-refractivity contribution is 7.86. The molecule has 0 bridgehead atoms. The number of fused-ring (bicyclic) bond motifs is 1. The van der Waals surface area contributed by atoms with Gasteiger partial charge in [0, 0.05) is 22.0 Å². The fourth-order valence-electron chi connectivity index (χ4n) is 4.35. The van der Waals surface area contributed by atoms with E-state index in [-0.39, 0.29) is 10.8 Å². The molecule has 1 aliphatic rings. The molecule has 4 rings (SSSR count). The van der Waals surface area contributed by atoms with E-state index in [1.165, 1.54) is 19.1 Å². The molecule has 0 aromatic heterocycles. The van der Waals surface area contributed by atoms with Gasteiger partial charge in [-0.15, -0.1) is 0 Å². The Morgan fingerprint density at radius 3 is 2.50 bits per heavy atom. The van der Waals surface area contributed by atoms with Gasteiger partial charge in [-0.3, -0.25) is 9.69 Å². The normalized spacial score (nSPS) is 16.8. The summed E-state index contributed by atoms with van der Waals surface area (Å²) in [6.07, 6.45) is -0.0281. The van der Waals surface area contributed by atoms with E-state index in [0.29, 0.717) is 41.2 Å². The fourth-order valence-corrected chi connectivity index (χ4v) is 5.53. The lowest BCUT2D eigenvalue weighted by Crippen LogP contribution is -2.44. The summed E-state index contributed by atoms with van der Waals surface area (Å²) in [5, 5.41) is 0.574. The Kier molecular flexibility index (Phi) is 7.70. The molecule has 1 aliphatic heterocycles. The molecule has 0 fully saturated rings. The summed E-state index contributed by atoms with van der Waals surface area (Å²) >= 11 is 6.24. The van der Waals surface area contributed by atoms with Crippen LogP contribution in [0.3, 0.4) is 0 Å². The van der Waals surface area contributed by atoms with Crippen molar-refractivity contribution in [2.45, 2.75) is 57.4 Å². The van der Waals surface area contributed by atoms with Gasteiger partial charge in [0.25, 0.3) is 16.0 Å². The van der Waals surface area contributed by atoms with Gasteiger partial charge >= 0.3 is 0 Å². The summed E-state index contributed by atoms with van der Waals surface area (Å²) in [5.41, 5.74) is 10.2. The van der Waals surface area contributed by atoms with Crippen molar-refractivity contribution in [3.05, 3.63) is 87.9 Å². The first-order chi connectivity index (χ1) is 17.0. The monoisotopic (exact) mass is 528 g/mol. The van der Waals surface area contributed by atoms with Crippen LogP contribution in [0.15, 0.2) is 65.6 Å². The van der Waals surface area contributed by atoms with Crippen LogP contribution in [0.1, 0.15) is 46.8 Å². The predicted octanol–water partition coefficient (Wildman–Crippen LogP) is 5.62. The number of aryl methyl sites for hydroxylation is 3. The Balaban J connectivity index is 1.66. The largest absolute Gasteiger partial charge is 0.399 e. The summed E-state index contributed by atoms with van der Waals surface area (Å²) in [6, 6.07) is 16.8. The molecule has 3 aromatic carbocycles. The number of rotatable bonds is 6. The molecular weight excluding hydrogens is 500 g/mol. The molecule has 1 amide bonds. The number of anilines is 2. The second kappa shape index (κ2) is 10.6. The number of carbonyl (C=O) groups is 1. The van der Waals surface area contributed by atoms with Crippen molar-refractivity contribution in [1.29, 1.82) is 0 Å². The highest BCUT2D eigenvalue weighted by Gasteiger charge is 2.34. The van der Waals surface area contributed by atoms with E-state index < -0.39 is 22.6 Å². The number of hydrogen-bond donors (Lipinski definition) is 1. The molecular formula is C27H29ClN2O5S. The van der Waals surface area contributed by atoms with Gasteiger partial charge in [0.15, 0.2) is 6.29 Å². The third-order valence-corrected chi connectivity index (χ3v) is 7.72. The molecule has 0 radical (unpaired) electrons. The molecule has 36 heavy (non-hydrogen) atoms. The van der Waals surface area contributed by atoms with E-state index in [2.05, 4.69) is 0 Å². The lowest BCUT2D eigenvalue weighted by Gasteiger charge is -2.33. The molecule has 1 heterocycles. The minimum Gasteiger partial charge on any atom is -0.399 e. The van der Waals surface area contributed by atoms with Crippen LogP contribution in [0.2, 0.25) is 5.02 Å². The van der Waals surface area contributed by atoms with Crippen molar-refractivity contribution < 1.29 is 22.1 Å². The summed E-state index contributed by atoms with van der Waals surface area (Å²) in [4.78, 5) is 15.5. The number of halogens is 1. The quantitative estimate of drug-likeness (QED) is 0.253. The number of carbonyl (C=O) groups excluding carboxylic acids is 1. The number of nitrogen functional groups attached to an aromatic ring is 1. The second-order valence-electron chi connectivity index (χ2n) is 8.94. The molecule has 190 valence electrons. The van der Waals surface area contributed by atoms with Crippen LogP contribution in [0.25, 0.3) is 0 Å². The molecule has 9 heteroatoms. The van der Waals surface area contributed by atoms with Gasteiger partial charge in [-0.25, -0.2) is 4.18 Å². The maximum absolute atomic E-state index is 13.9. The van der Waals surface area contributed by atoms with E-state index in [1.807, 2.05) is 19.9 Å². The van der Waals surface area contributed by atoms with Crippen LogP contribution in [-0.4, -0.2) is 26.8 Å². The van der Waals surface area contributed by atoms with E-state index in [1.54, 1.807) is 47.4 Å². The van der Waals surface area contributed by atoms with Gasteiger partial charge < -0.3 is 10.5 Å². The standard InChI is InChI=1S/C27H29ClN2O5S/c1-17-7-11-23(12-8-17)36(32,33)35-19(3)34-26-6-4-5-20-16-21(28)9-14-25(20)30(26)27(31)24-13-10-22(29)15-18(24)2/h7-16,19,26H,4-6,29H2,1-3H3. The Bertz CT molecular complexity index is 1380. The van der Waals surface area contributed by atoms with Crippen LogP contribution < -0.4 is 10.6 Å². The highest BCUT2D eigenvalue weighted by Crippen LogP contribution is 2.34. The van der Waals surface area contributed by atoms with Crippen LogP contribution in [0.4, 0.5) is 11.4 Å². The number of ether oxygens (including phenoxy) is 1. The third-order valence-electron chi connectivity index (χ3n) is 6.11. The van der Waals surface area contributed by atoms with Gasteiger partial charge in [0.1, 0.15) is 6.23 Å². The maximum Gasteiger partial charge on any atom is 0.299 e. The minimum atomic E-state index is -4.06. The number of nitrogens with zero attached hydrogens (tertiary/aromatic N) is 1. The molecule has 2 N–H and O–H groups in total. The zero-order chi connectivity index (χ0) is 26.0. The van der Waals surface area contributed by atoms with Crippen LogP contribution in [-0.2, 0) is 25.5 Å². The van der Waals surface area contributed by atoms with Crippen molar-refractivity contribution in [2.24, 2.45) is 0 Å². The molecule has 0 saturated heterocycles. The lowest BCUT2D eigenvalue weighted by molar-refractivity contribution is -0.104. The summed E-state index contributed by atoms with van der Waals surface area (Å²) in [7, 11) is -4.06. The summed E-state index contributed by atoms with van der Waals surface area (Å²) in [5.74, 6) is -0.281. The molecule has 2 unspecified atom stereocenters. The molecule has 0 saturated carbocycles. The van der Waals surface area contributed by atoms with Crippen molar-refractivity contribution >= 4 is 39.0 Å². The SMILES string of the molecule is Cc1ccc(S(=O)(=O)OC(C)OC2CCCc3cc(Cl)ccc3N2C(=O)c2ccc(N)cc2C)cc1. The zero-order valence-electron chi connectivity index (χ0n) is 20.4. The zero-order valence-corrected chi connectivity index (χ0v) is 22.0. The molecule has 0 aliphatic carbocycles. The van der Waals surface area contributed by atoms with Crippen LogP contribution >= 0.6 is 11.6 Å². The molecule has 7 nitrogen and oxygen atoms in total.